The average Bonchev–Trinajstić information content (AvgIpc) is 2.60. The van der Waals surface area contributed by atoms with Gasteiger partial charge in [0.2, 0.25) is 0 Å². The highest BCUT2D eigenvalue weighted by Gasteiger charge is 2.84. The Kier molecular flexibility index (Phi) is 7.78. The molecule has 2 nitrogen and oxygen atoms in total. The molecule has 28 heavy (non-hydrogen) atoms. The number of halogens is 9. The SMILES string of the molecule is O=C(OCCCCCCc1ccccc1)C(F)(F)C(F)(F)C(F)(F)C(F)(F)F. The predicted octanol–water partition coefficient (Wildman–Crippen LogP) is 5.80. The highest BCUT2D eigenvalue weighted by Crippen LogP contribution is 2.53. The van der Waals surface area contributed by atoms with Gasteiger partial charge in [-0.1, -0.05) is 43.2 Å². The summed E-state index contributed by atoms with van der Waals surface area (Å²) in [5.41, 5.74) is 1.06. The molecule has 0 N–H and O–H groups in total. The molecule has 0 saturated carbocycles. The second kappa shape index (κ2) is 9.04. The lowest BCUT2D eigenvalue weighted by atomic mass is 10.0. The molecule has 0 aliphatic heterocycles. The molecule has 0 atom stereocenters. The number of benzene rings is 1. The Labute approximate surface area is 154 Å². The van der Waals surface area contributed by atoms with Crippen molar-refractivity contribution in [3.8, 4) is 0 Å². The molecule has 0 aromatic heterocycles. The Balaban J connectivity index is 2.44. The Morgan fingerprint density at radius 2 is 1.29 bits per heavy atom. The Morgan fingerprint density at radius 1 is 0.750 bits per heavy atom. The molecule has 0 amide bonds. The Morgan fingerprint density at radius 3 is 1.82 bits per heavy atom. The summed E-state index contributed by atoms with van der Waals surface area (Å²) in [7, 11) is 0. The smallest absolute Gasteiger partial charge is 0.460 e. The molecule has 0 heterocycles. The van der Waals surface area contributed by atoms with Crippen LogP contribution in [0.2, 0.25) is 0 Å². The number of esters is 1. The third-order valence-corrected chi connectivity index (χ3v) is 3.84. The van der Waals surface area contributed by atoms with Crippen molar-refractivity contribution in [2.45, 2.75) is 56.0 Å². The fourth-order valence-electron chi connectivity index (χ4n) is 2.19. The standard InChI is InChI=1S/C17H17F9O2/c18-14(19,15(20,21)16(22,23)17(24,25)26)13(27)28-11-7-2-1-4-8-12-9-5-3-6-10-12/h3,5-6,9-10H,1-2,4,7-8,11H2. The normalized spacial score (nSPS) is 13.5. The number of carbonyl (C=O) groups excluding carboxylic acids is 1. The van der Waals surface area contributed by atoms with Gasteiger partial charge in [-0.25, -0.2) is 4.79 Å². The van der Waals surface area contributed by atoms with E-state index in [0.717, 1.165) is 12.0 Å². The predicted molar refractivity (Wildman–Crippen MR) is 80.5 cm³/mol. The molecule has 0 radical (unpaired) electrons. The van der Waals surface area contributed by atoms with Crippen LogP contribution in [0.25, 0.3) is 0 Å². The van der Waals surface area contributed by atoms with Crippen molar-refractivity contribution in [2.24, 2.45) is 0 Å². The molecule has 0 aliphatic rings. The van der Waals surface area contributed by atoms with E-state index in [1.165, 1.54) is 0 Å². The first-order valence-electron chi connectivity index (χ1n) is 8.16. The molecule has 0 bridgehead atoms. The van der Waals surface area contributed by atoms with Crippen LogP contribution < -0.4 is 0 Å². The minimum absolute atomic E-state index is 0.0438. The molecule has 0 saturated heterocycles. The molecule has 0 spiro atoms. The van der Waals surface area contributed by atoms with Gasteiger partial charge >= 0.3 is 29.9 Å². The van der Waals surface area contributed by atoms with Crippen LogP contribution >= 0.6 is 0 Å². The minimum Gasteiger partial charge on any atom is -0.461 e. The van der Waals surface area contributed by atoms with Crippen LogP contribution in [0.1, 0.15) is 31.2 Å². The number of alkyl halides is 9. The van der Waals surface area contributed by atoms with E-state index in [9.17, 15) is 44.3 Å². The molecule has 1 rings (SSSR count). The van der Waals surface area contributed by atoms with Gasteiger partial charge in [0.1, 0.15) is 0 Å². The molecule has 1 aromatic rings. The van der Waals surface area contributed by atoms with E-state index in [1.807, 2.05) is 30.3 Å². The van der Waals surface area contributed by atoms with Crippen LogP contribution in [0.15, 0.2) is 30.3 Å². The molecule has 160 valence electrons. The first-order valence-corrected chi connectivity index (χ1v) is 8.16. The summed E-state index contributed by atoms with van der Waals surface area (Å²) in [5, 5.41) is 0. The van der Waals surface area contributed by atoms with Gasteiger partial charge in [-0.3, -0.25) is 0 Å². The number of aryl methyl sites for hydroxylation is 1. The Bertz CT molecular complexity index is 627. The van der Waals surface area contributed by atoms with Gasteiger partial charge < -0.3 is 4.74 Å². The van der Waals surface area contributed by atoms with Crippen LogP contribution in [0, 0.1) is 0 Å². The molecule has 1 aromatic carbocycles. The van der Waals surface area contributed by atoms with E-state index in [0.29, 0.717) is 19.3 Å². The fraction of sp³-hybridized carbons (Fsp3) is 0.588. The van der Waals surface area contributed by atoms with E-state index in [4.69, 9.17) is 0 Å². The van der Waals surface area contributed by atoms with Crippen LogP contribution in [-0.2, 0) is 16.0 Å². The summed E-state index contributed by atoms with van der Waals surface area (Å²) < 4.78 is 118. The average molecular weight is 424 g/mol. The lowest BCUT2D eigenvalue weighted by molar-refractivity contribution is -0.390. The summed E-state index contributed by atoms with van der Waals surface area (Å²) in [6.45, 7) is -0.812. The van der Waals surface area contributed by atoms with Gasteiger partial charge in [0.05, 0.1) is 6.61 Å². The molecular formula is C17H17F9O2. The maximum atomic E-state index is 13.2. The summed E-state index contributed by atoms with van der Waals surface area (Å²) in [4.78, 5) is 11.0. The van der Waals surface area contributed by atoms with Crippen molar-refractivity contribution in [3.63, 3.8) is 0 Å². The maximum absolute atomic E-state index is 13.2. The van der Waals surface area contributed by atoms with Gasteiger partial charge in [0.15, 0.2) is 0 Å². The summed E-state index contributed by atoms with van der Waals surface area (Å²) in [6, 6.07) is 9.29. The monoisotopic (exact) mass is 424 g/mol. The first-order chi connectivity index (χ1) is 12.7. The van der Waals surface area contributed by atoms with Crippen molar-refractivity contribution >= 4 is 5.97 Å². The van der Waals surface area contributed by atoms with Gasteiger partial charge in [0.25, 0.3) is 0 Å². The van der Waals surface area contributed by atoms with Gasteiger partial charge in [-0.15, -0.1) is 0 Å². The van der Waals surface area contributed by atoms with Crippen LogP contribution in [0.5, 0.6) is 0 Å². The van der Waals surface area contributed by atoms with E-state index in [2.05, 4.69) is 4.74 Å². The fourth-order valence-corrected chi connectivity index (χ4v) is 2.19. The number of hydrogen-bond donors (Lipinski definition) is 0. The summed E-state index contributed by atoms with van der Waals surface area (Å²) >= 11 is 0. The van der Waals surface area contributed by atoms with Gasteiger partial charge in [-0.2, -0.15) is 39.5 Å². The quantitative estimate of drug-likeness (QED) is 0.270. The lowest BCUT2D eigenvalue weighted by Crippen LogP contribution is -2.63. The number of ether oxygens (including phenoxy) is 1. The van der Waals surface area contributed by atoms with Crippen LogP contribution in [0.4, 0.5) is 39.5 Å². The van der Waals surface area contributed by atoms with Crippen LogP contribution in [-0.4, -0.2) is 36.5 Å². The van der Waals surface area contributed by atoms with Crippen molar-refractivity contribution in [3.05, 3.63) is 35.9 Å². The topological polar surface area (TPSA) is 26.3 Å². The van der Waals surface area contributed by atoms with Crippen molar-refractivity contribution < 1.29 is 49.0 Å². The molecule has 0 aliphatic carbocycles. The first kappa shape index (κ1) is 24.1. The molecule has 11 heteroatoms. The van der Waals surface area contributed by atoms with Crippen molar-refractivity contribution in [1.29, 1.82) is 0 Å². The van der Waals surface area contributed by atoms with Crippen LogP contribution in [0.3, 0.4) is 0 Å². The Hall–Kier alpha value is -1.94. The maximum Gasteiger partial charge on any atom is 0.460 e. The zero-order valence-electron chi connectivity index (χ0n) is 14.3. The van der Waals surface area contributed by atoms with E-state index in [-0.39, 0.29) is 6.42 Å². The molecule has 0 fully saturated rings. The van der Waals surface area contributed by atoms with Crippen molar-refractivity contribution in [1.82, 2.24) is 0 Å². The molecular weight excluding hydrogens is 407 g/mol. The van der Waals surface area contributed by atoms with E-state index in [1.54, 1.807) is 0 Å². The molecule has 0 unspecified atom stereocenters. The number of carbonyl (C=O) groups is 1. The number of rotatable bonds is 10. The highest BCUT2D eigenvalue weighted by molar-refractivity contribution is 5.79. The highest BCUT2D eigenvalue weighted by atomic mass is 19.4. The van der Waals surface area contributed by atoms with E-state index >= 15 is 0 Å². The second-order valence-electron chi connectivity index (χ2n) is 6.01. The summed E-state index contributed by atoms with van der Waals surface area (Å²) in [6.07, 6.45) is -4.68. The van der Waals surface area contributed by atoms with E-state index < -0.39 is 36.5 Å². The minimum atomic E-state index is -7.11. The number of unbranched alkanes of at least 4 members (excludes halogenated alkanes) is 3. The zero-order valence-corrected chi connectivity index (χ0v) is 14.3. The largest absolute Gasteiger partial charge is 0.461 e. The van der Waals surface area contributed by atoms with Gasteiger partial charge in [-0.05, 0) is 24.8 Å². The third-order valence-electron chi connectivity index (χ3n) is 3.84. The van der Waals surface area contributed by atoms with Gasteiger partial charge in [0, 0.05) is 0 Å². The third kappa shape index (κ3) is 5.32. The lowest BCUT2D eigenvalue weighted by Gasteiger charge is -2.32. The zero-order chi connectivity index (χ0) is 21.6. The number of hydrogen-bond acceptors (Lipinski definition) is 2. The summed E-state index contributed by atoms with van der Waals surface area (Å²) in [5.74, 6) is -23.6. The van der Waals surface area contributed by atoms with Crippen molar-refractivity contribution in [2.75, 3.05) is 6.61 Å². The second-order valence-corrected chi connectivity index (χ2v) is 6.01.